The highest BCUT2D eigenvalue weighted by molar-refractivity contribution is 5.81. The third-order valence-electron chi connectivity index (χ3n) is 4.02. The first-order valence-corrected chi connectivity index (χ1v) is 8.32. The van der Waals surface area contributed by atoms with Crippen molar-refractivity contribution >= 4 is 11.9 Å². The molecule has 8 nitrogen and oxygen atoms in total. The van der Waals surface area contributed by atoms with Crippen LogP contribution in [0.2, 0.25) is 0 Å². The van der Waals surface area contributed by atoms with Gasteiger partial charge in [-0.15, -0.1) is 0 Å². The molecule has 1 unspecified atom stereocenters. The van der Waals surface area contributed by atoms with Crippen LogP contribution in [0.5, 0.6) is 17.2 Å². The number of esters is 1. The third kappa shape index (κ3) is 5.01. The molecule has 1 atom stereocenters. The summed E-state index contributed by atoms with van der Waals surface area (Å²) in [5, 5.41) is 0. The molecule has 2 rings (SSSR count). The Labute approximate surface area is 152 Å². The third-order valence-corrected chi connectivity index (χ3v) is 4.02. The predicted octanol–water partition coefficient (Wildman–Crippen LogP) is 1.05. The zero-order valence-electron chi connectivity index (χ0n) is 15.6. The van der Waals surface area contributed by atoms with Gasteiger partial charge in [0.05, 0.1) is 40.5 Å². The lowest BCUT2D eigenvalue weighted by atomic mass is 10.1. The topological polar surface area (TPSA) is 83.5 Å². The van der Waals surface area contributed by atoms with E-state index in [1.54, 1.807) is 17.0 Å². The smallest absolute Gasteiger partial charge is 0.310 e. The van der Waals surface area contributed by atoms with E-state index in [4.69, 9.17) is 23.7 Å². The molecule has 0 saturated carbocycles. The van der Waals surface area contributed by atoms with Gasteiger partial charge in [0.15, 0.2) is 18.1 Å². The van der Waals surface area contributed by atoms with Crippen molar-refractivity contribution in [1.82, 2.24) is 4.90 Å². The van der Waals surface area contributed by atoms with Crippen LogP contribution in [0.25, 0.3) is 0 Å². The van der Waals surface area contributed by atoms with Gasteiger partial charge in [-0.3, -0.25) is 9.59 Å². The first-order chi connectivity index (χ1) is 12.5. The Hall–Kier alpha value is -2.48. The first-order valence-electron chi connectivity index (χ1n) is 8.32. The molecule has 0 radical (unpaired) electrons. The molecule has 1 aromatic rings. The summed E-state index contributed by atoms with van der Waals surface area (Å²) in [6.07, 6.45) is -0.0219. The normalized spacial score (nSPS) is 16.8. The highest BCUT2D eigenvalue weighted by atomic mass is 16.5. The van der Waals surface area contributed by atoms with Crippen LogP contribution in [-0.4, -0.2) is 70.5 Å². The van der Waals surface area contributed by atoms with Gasteiger partial charge in [-0.1, -0.05) is 0 Å². The number of morpholine rings is 1. The molecule has 0 spiro atoms. The predicted molar refractivity (Wildman–Crippen MR) is 92.8 cm³/mol. The number of carbonyl (C=O) groups excluding carboxylic acids is 2. The molecule has 0 N–H and O–H groups in total. The van der Waals surface area contributed by atoms with E-state index in [9.17, 15) is 9.59 Å². The monoisotopic (exact) mass is 367 g/mol. The van der Waals surface area contributed by atoms with E-state index in [0.717, 1.165) is 0 Å². The second-order valence-electron chi connectivity index (χ2n) is 5.89. The standard InChI is InChI=1S/C18H25NO7/c1-12-10-19(5-6-25-12)16(20)11-26-17(21)9-13-7-14(22-2)18(24-4)15(8-13)23-3/h7-8,12H,5-6,9-11H2,1-4H3. The van der Waals surface area contributed by atoms with E-state index in [1.165, 1.54) is 21.3 Å². The van der Waals surface area contributed by atoms with Crippen LogP contribution in [0.15, 0.2) is 12.1 Å². The summed E-state index contributed by atoms with van der Waals surface area (Å²) in [7, 11) is 4.51. The Morgan fingerprint density at radius 2 is 1.81 bits per heavy atom. The summed E-state index contributed by atoms with van der Waals surface area (Å²) in [6.45, 7) is 3.12. The number of hydrogen-bond acceptors (Lipinski definition) is 7. The molecular formula is C18H25NO7. The molecule has 0 aliphatic carbocycles. The Bertz CT molecular complexity index is 621. The number of methoxy groups -OCH3 is 3. The van der Waals surface area contributed by atoms with Crippen molar-refractivity contribution in [3.63, 3.8) is 0 Å². The number of carbonyl (C=O) groups is 2. The second kappa shape index (κ2) is 9.28. The Morgan fingerprint density at radius 3 is 2.35 bits per heavy atom. The summed E-state index contributed by atoms with van der Waals surface area (Å²) < 4.78 is 26.3. The molecule has 1 amide bonds. The summed E-state index contributed by atoms with van der Waals surface area (Å²) >= 11 is 0. The molecule has 0 bridgehead atoms. The van der Waals surface area contributed by atoms with Gasteiger partial charge in [0, 0.05) is 13.1 Å². The molecular weight excluding hydrogens is 342 g/mol. The lowest BCUT2D eigenvalue weighted by Gasteiger charge is -2.30. The van der Waals surface area contributed by atoms with Crippen molar-refractivity contribution in [2.24, 2.45) is 0 Å². The van der Waals surface area contributed by atoms with Gasteiger partial charge in [-0.25, -0.2) is 0 Å². The van der Waals surface area contributed by atoms with Crippen molar-refractivity contribution in [3.8, 4) is 17.2 Å². The summed E-state index contributed by atoms with van der Waals surface area (Å²) in [5.74, 6) is 0.622. The van der Waals surface area contributed by atoms with Crippen LogP contribution in [0.1, 0.15) is 12.5 Å². The van der Waals surface area contributed by atoms with Gasteiger partial charge < -0.3 is 28.6 Å². The van der Waals surface area contributed by atoms with Crippen LogP contribution < -0.4 is 14.2 Å². The number of amides is 1. The number of benzene rings is 1. The summed E-state index contributed by atoms with van der Waals surface area (Å²) in [6, 6.07) is 3.35. The van der Waals surface area contributed by atoms with E-state index in [0.29, 0.717) is 42.5 Å². The molecule has 26 heavy (non-hydrogen) atoms. The van der Waals surface area contributed by atoms with E-state index >= 15 is 0 Å². The van der Waals surface area contributed by atoms with Gasteiger partial charge in [0.1, 0.15) is 0 Å². The molecule has 1 aromatic carbocycles. The summed E-state index contributed by atoms with van der Waals surface area (Å²) in [5.41, 5.74) is 0.636. The van der Waals surface area contributed by atoms with Crippen LogP contribution in [0.4, 0.5) is 0 Å². The van der Waals surface area contributed by atoms with Crippen LogP contribution >= 0.6 is 0 Å². The Kier molecular flexibility index (Phi) is 7.08. The van der Waals surface area contributed by atoms with Gasteiger partial charge in [-0.05, 0) is 24.6 Å². The molecule has 1 saturated heterocycles. The largest absolute Gasteiger partial charge is 0.493 e. The van der Waals surface area contributed by atoms with E-state index in [-0.39, 0.29) is 25.0 Å². The second-order valence-corrected chi connectivity index (χ2v) is 5.89. The van der Waals surface area contributed by atoms with Crippen molar-refractivity contribution in [2.45, 2.75) is 19.4 Å². The average Bonchev–Trinajstić information content (AvgIpc) is 2.65. The molecule has 1 fully saturated rings. The number of nitrogens with zero attached hydrogens (tertiary/aromatic N) is 1. The highest BCUT2D eigenvalue weighted by Gasteiger charge is 2.22. The SMILES string of the molecule is COc1cc(CC(=O)OCC(=O)N2CCOC(C)C2)cc(OC)c1OC. The first kappa shape index (κ1) is 19.8. The molecule has 1 aliphatic rings. The van der Waals surface area contributed by atoms with Gasteiger partial charge >= 0.3 is 5.97 Å². The van der Waals surface area contributed by atoms with E-state index in [1.807, 2.05) is 6.92 Å². The molecule has 1 heterocycles. The molecule has 144 valence electrons. The molecule has 1 aliphatic heterocycles. The maximum Gasteiger partial charge on any atom is 0.310 e. The fourth-order valence-corrected chi connectivity index (χ4v) is 2.73. The van der Waals surface area contributed by atoms with Gasteiger partial charge in [0.2, 0.25) is 5.75 Å². The maximum atomic E-state index is 12.1. The fraction of sp³-hybridized carbons (Fsp3) is 0.556. The van der Waals surface area contributed by atoms with Crippen molar-refractivity contribution in [3.05, 3.63) is 17.7 Å². The maximum absolute atomic E-state index is 12.1. The van der Waals surface area contributed by atoms with E-state index < -0.39 is 5.97 Å². The van der Waals surface area contributed by atoms with Gasteiger partial charge in [-0.2, -0.15) is 0 Å². The number of rotatable bonds is 7. The summed E-state index contributed by atoms with van der Waals surface area (Å²) in [4.78, 5) is 25.8. The van der Waals surface area contributed by atoms with Crippen molar-refractivity contribution < 1.29 is 33.3 Å². The molecule has 0 aromatic heterocycles. The van der Waals surface area contributed by atoms with Crippen LogP contribution in [0, 0.1) is 0 Å². The lowest BCUT2D eigenvalue weighted by Crippen LogP contribution is -2.46. The average molecular weight is 367 g/mol. The minimum absolute atomic E-state index is 0.0104. The van der Waals surface area contributed by atoms with Crippen molar-refractivity contribution in [1.29, 1.82) is 0 Å². The quantitative estimate of drug-likeness (QED) is 0.666. The zero-order valence-corrected chi connectivity index (χ0v) is 15.6. The van der Waals surface area contributed by atoms with Gasteiger partial charge in [0.25, 0.3) is 5.91 Å². The lowest BCUT2D eigenvalue weighted by molar-refractivity contribution is -0.154. The highest BCUT2D eigenvalue weighted by Crippen LogP contribution is 2.38. The fourth-order valence-electron chi connectivity index (χ4n) is 2.73. The molecule has 8 heteroatoms. The number of hydrogen-bond donors (Lipinski definition) is 0. The van der Waals surface area contributed by atoms with Crippen LogP contribution in [-0.2, 0) is 25.5 Å². The minimum Gasteiger partial charge on any atom is -0.493 e. The van der Waals surface area contributed by atoms with Crippen LogP contribution in [0.3, 0.4) is 0 Å². The Balaban J connectivity index is 1.94. The Morgan fingerprint density at radius 1 is 1.15 bits per heavy atom. The van der Waals surface area contributed by atoms with E-state index in [2.05, 4.69) is 0 Å². The number of ether oxygens (including phenoxy) is 5. The minimum atomic E-state index is -0.506. The van der Waals surface area contributed by atoms with Crippen molar-refractivity contribution in [2.75, 3.05) is 47.6 Å². The zero-order chi connectivity index (χ0) is 19.1.